The van der Waals surface area contributed by atoms with Crippen molar-refractivity contribution in [1.82, 2.24) is 5.32 Å². The molecule has 2 heteroatoms. The number of nitrogens with one attached hydrogen (secondary N) is 2. The Hall–Kier alpha value is -0.370. The maximum absolute atomic E-state index is 3.15. The van der Waals surface area contributed by atoms with Gasteiger partial charge in [-0.2, -0.15) is 0 Å². The predicted octanol–water partition coefficient (Wildman–Crippen LogP) is -1.91. The Bertz CT molecular complexity index is 67.9. The van der Waals surface area contributed by atoms with E-state index in [1.54, 1.807) is 0 Å². The second-order valence-electron chi connectivity index (χ2n) is 1.54. The molecule has 0 fully saturated rings. The van der Waals surface area contributed by atoms with E-state index in [2.05, 4.69) is 17.2 Å². The van der Waals surface area contributed by atoms with Crippen LogP contribution in [0.5, 0.6) is 0 Å². The van der Waals surface area contributed by atoms with E-state index >= 15 is 0 Å². The number of hydrogen-bond acceptors (Lipinski definition) is 1. The van der Waals surface area contributed by atoms with Crippen molar-refractivity contribution in [1.29, 1.82) is 0 Å². The van der Waals surface area contributed by atoms with E-state index in [0.717, 1.165) is 6.67 Å². The average Bonchev–Trinajstić information content (AvgIpc) is 1.86. The van der Waals surface area contributed by atoms with Gasteiger partial charge in [0.2, 0.25) is 0 Å². The van der Waals surface area contributed by atoms with E-state index in [1.807, 2.05) is 6.21 Å². The van der Waals surface area contributed by atoms with Gasteiger partial charge in [-0.25, -0.2) is 10.3 Å². The van der Waals surface area contributed by atoms with Crippen LogP contribution in [0.15, 0.2) is 0 Å². The van der Waals surface area contributed by atoms with E-state index in [-0.39, 0.29) is 0 Å². The molecule has 1 aliphatic heterocycles. The summed E-state index contributed by atoms with van der Waals surface area (Å²) in [5.74, 6) is 0. The van der Waals surface area contributed by atoms with Gasteiger partial charge >= 0.3 is 0 Å². The van der Waals surface area contributed by atoms with Crippen molar-refractivity contribution in [3.05, 3.63) is 0 Å². The van der Waals surface area contributed by atoms with Gasteiger partial charge in [-0.15, -0.1) is 0 Å². The summed E-state index contributed by atoms with van der Waals surface area (Å²) in [4.78, 5) is 3.04. The summed E-state index contributed by atoms with van der Waals surface area (Å²) in [6.07, 6.45) is 2.04. The Kier molecular flexibility index (Phi) is 0.881. The molecule has 2 nitrogen and oxygen atoms in total. The van der Waals surface area contributed by atoms with Crippen molar-refractivity contribution in [2.24, 2.45) is 0 Å². The minimum absolute atomic E-state index is 0.560. The summed E-state index contributed by atoms with van der Waals surface area (Å²) in [6, 6.07) is 0.560. The Morgan fingerprint density at radius 2 is 2.83 bits per heavy atom. The van der Waals surface area contributed by atoms with Crippen LogP contribution in [0.1, 0.15) is 6.92 Å². The lowest BCUT2D eigenvalue weighted by Crippen LogP contribution is -2.67. The minimum Gasteiger partial charge on any atom is -0.250 e. The van der Waals surface area contributed by atoms with Crippen molar-refractivity contribution in [3.63, 3.8) is 0 Å². The molecule has 1 heterocycles. The molecule has 1 rings (SSSR count). The van der Waals surface area contributed by atoms with E-state index < -0.39 is 0 Å². The third kappa shape index (κ3) is 0.571. The fourth-order valence-electron chi connectivity index (χ4n) is 0.515. The molecule has 0 saturated carbocycles. The fraction of sp³-hybridized carbons (Fsp3) is 0.750. The molecule has 1 aliphatic rings. The van der Waals surface area contributed by atoms with Gasteiger partial charge in [0.1, 0.15) is 0 Å². The zero-order chi connectivity index (χ0) is 4.41. The quantitative estimate of drug-likeness (QED) is 0.352. The Balaban J connectivity index is 2.38. The van der Waals surface area contributed by atoms with Gasteiger partial charge in [-0.05, 0) is 6.92 Å². The van der Waals surface area contributed by atoms with Crippen LogP contribution in [0.4, 0.5) is 0 Å². The summed E-state index contributed by atoms with van der Waals surface area (Å²) < 4.78 is 0. The maximum atomic E-state index is 3.15. The molecule has 34 valence electrons. The molecule has 0 spiro atoms. The van der Waals surface area contributed by atoms with Gasteiger partial charge in [0.25, 0.3) is 0 Å². The van der Waals surface area contributed by atoms with Crippen LogP contribution in [0.25, 0.3) is 0 Å². The molecule has 2 N–H and O–H groups in total. The third-order valence-corrected chi connectivity index (χ3v) is 0.894. The van der Waals surface area contributed by atoms with E-state index in [0.29, 0.717) is 6.04 Å². The van der Waals surface area contributed by atoms with Gasteiger partial charge in [0, 0.05) is 0 Å². The van der Waals surface area contributed by atoms with Gasteiger partial charge in [0.05, 0.1) is 6.04 Å². The van der Waals surface area contributed by atoms with Crippen molar-refractivity contribution in [2.75, 3.05) is 6.67 Å². The maximum Gasteiger partial charge on any atom is 0.195 e. The molecule has 0 saturated heterocycles. The first-order valence-corrected chi connectivity index (χ1v) is 2.20. The molecule has 0 aromatic carbocycles. The average molecular weight is 85.1 g/mol. The summed E-state index contributed by atoms with van der Waals surface area (Å²) in [6.45, 7) is 3.04. The smallest absolute Gasteiger partial charge is 0.195 e. The molecule has 0 aliphatic carbocycles. The van der Waals surface area contributed by atoms with Crippen LogP contribution in [-0.4, -0.2) is 18.9 Å². The zero-order valence-corrected chi connectivity index (χ0v) is 3.86. The molecule has 0 bridgehead atoms. The van der Waals surface area contributed by atoms with E-state index in [4.69, 9.17) is 0 Å². The molecule has 1 atom stereocenters. The van der Waals surface area contributed by atoms with Crippen LogP contribution in [0.3, 0.4) is 0 Å². The number of rotatable bonds is 0. The van der Waals surface area contributed by atoms with Crippen LogP contribution >= 0.6 is 0 Å². The van der Waals surface area contributed by atoms with Crippen LogP contribution in [0, 0.1) is 0 Å². The lowest BCUT2D eigenvalue weighted by atomic mass is 10.4. The minimum atomic E-state index is 0.560. The Morgan fingerprint density at radius 1 is 2.00 bits per heavy atom. The van der Waals surface area contributed by atoms with Crippen molar-refractivity contribution in [2.45, 2.75) is 13.0 Å². The molecule has 0 radical (unpaired) electrons. The van der Waals surface area contributed by atoms with E-state index in [9.17, 15) is 0 Å². The molecule has 0 amide bonds. The van der Waals surface area contributed by atoms with Crippen molar-refractivity contribution >= 4 is 6.21 Å². The third-order valence-electron chi connectivity index (χ3n) is 0.894. The second kappa shape index (κ2) is 1.39. The highest BCUT2D eigenvalue weighted by Crippen LogP contribution is 1.67. The molecular weight excluding hydrogens is 76.1 g/mol. The van der Waals surface area contributed by atoms with Crippen LogP contribution in [0.2, 0.25) is 0 Å². The number of hydrogen-bond donors (Lipinski definition) is 2. The summed E-state index contributed by atoms with van der Waals surface area (Å²) >= 11 is 0. The van der Waals surface area contributed by atoms with Crippen LogP contribution < -0.4 is 10.3 Å². The lowest BCUT2D eigenvalue weighted by molar-refractivity contribution is -0.446. The van der Waals surface area contributed by atoms with Crippen LogP contribution in [-0.2, 0) is 0 Å². The van der Waals surface area contributed by atoms with Gasteiger partial charge in [0.15, 0.2) is 12.9 Å². The highest BCUT2D eigenvalue weighted by Gasteiger charge is 2.04. The van der Waals surface area contributed by atoms with E-state index in [1.165, 1.54) is 0 Å². The second-order valence-corrected chi connectivity index (χ2v) is 1.54. The first-order chi connectivity index (χ1) is 2.89. The zero-order valence-electron chi connectivity index (χ0n) is 3.86. The normalized spacial score (nSPS) is 31.8. The molecule has 0 aromatic rings. The van der Waals surface area contributed by atoms with Crippen molar-refractivity contribution < 1.29 is 4.99 Å². The Labute approximate surface area is 37.3 Å². The Morgan fingerprint density at radius 3 is 3.00 bits per heavy atom. The first-order valence-electron chi connectivity index (χ1n) is 2.20. The summed E-state index contributed by atoms with van der Waals surface area (Å²) in [5.41, 5.74) is 0. The van der Waals surface area contributed by atoms with Crippen molar-refractivity contribution in [3.8, 4) is 0 Å². The summed E-state index contributed by atoms with van der Waals surface area (Å²) in [5, 5.41) is 3.15. The summed E-state index contributed by atoms with van der Waals surface area (Å²) in [7, 11) is 0. The molecule has 0 aromatic heterocycles. The van der Waals surface area contributed by atoms with Gasteiger partial charge in [-0.1, -0.05) is 0 Å². The van der Waals surface area contributed by atoms with Gasteiger partial charge < -0.3 is 0 Å². The predicted molar refractivity (Wildman–Crippen MR) is 24.5 cm³/mol. The SMILES string of the molecule is CC1C=[NH+]CN1. The molecule has 1 unspecified atom stereocenters. The topological polar surface area (TPSA) is 26.0 Å². The lowest BCUT2D eigenvalue weighted by Gasteiger charge is -1.86. The fourth-order valence-corrected chi connectivity index (χ4v) is 0.515. The largest absolute Gasteiger partial charge is 0.250 e. The highest BCUT2D eigenvalue weighted by molar-refractivity contribution is 5.58. The molecule has 6 heavy (non-hydrogen) atoms. The molecular formula is C4H9N2+. The van der Waals surface area contributed by atoms with Gasteiger partial charge in [-0.3, -0.25) is 0 Å². The first kappa shape index (κ1) is 3.81. The standard InChI is InChI=1S/C4H8N2/c1-4-2-5-3-6-4/h2,4,6H,3H2,1H3/p+1. The monoisotopic (exact) mass is 85.1 g/mol. The highest BCUT2D eigenvalue weighted by atomic mass is 15.1.